The summed E-state index contributed by atoms with van der Waals surface area (Å²) in [6.45, 7) is 0. The van der Waals surface area contributed by atoms with E-state index in [-0.39, 0.29) is 12.4 Å². The van der Waals surface area contributed by atoms with Crippen molar-refractivity contribution in [1.82, 2.24) is 0 Å². The summed E-state index contributed by atoms with van der Waals surface area (Å²) in [6, 6.07) is 0.574. The molecule has 0 aromatic heterocycles. The summed E-state index contributed by atoms with van der Waals surface area (Å²) in [7, 11) is 0. The second kappa shape index (κ2) is 5.52. The van der Waals surface area contributed by atoms with Crippen molar-refractivity contribution < 1.29 is 27.8 Å². The number of alkyl halides is 3. The number of aromatic hydroxyl groups is 1. The lowest BCUT2D eigenvalue weighted by molar-refractivity contribution is -0.210. The second-order valence-corrected chi connectivity index (χ2v) is 3.22. The van der Waals surface area contributed by atoms with Crippen LogP contribution in [0.4, 0.5) is 17.6 Å². The average molecular weight is 276 g/mol. The lowest BCUT2D eigenvalue weighted by atomic mass is 10.0. The fraction of sp³-hybridized carbons (Fsp3) is 0.333. The molecule has 0 saturated carbocycles. The molecule has 8 heteroatoms. The van der Waals surface area contributed by atoms with E-state index in [0.717, 1.165) is 12.1 Å². The molecule has 0 spiro atoms. The van der Waals surface area contributed by atoms with Crippen molar-refractivity contribution in [2.75, 3.05) is 0 Å². The quantitative estimate of drug-likeness (QED) is 0.722. The number of rotatable bonds is 2. The maximum atomic E-state index is 13.1. The molecule has 17 heavy (non-hydrogen) atoms. The van der Waals surface area contributed by atoms with Crippen LogP contribution in [-0.4, -0.2) is 22.5 Å². The molecular formula is C9H10ClF4NO2. The molecule has 1 rings (SSSR count). The molecule has 0 saturated heterocycles. The molecule has 0 heterocycles. The Hall–Kier alpha value is -1.05. The minimum absolute atomic E-state index is 0. The monoisotopic (exact) mass is 275 g/mol. The largest absolute Gasteiger partial charge is 0.508 e. The van der Waals surface area contributed by atoms with Gasteiger partial charge in [-0.2, -0.15) is 13.2 Å². The zero-order valence-electron chi connectivity index (χ0n) is 8.28. The molecule has 0 amide bonds. The van der Waals surface area contributed by atoms with Crippen LogP contribution in [0.2, 0.25) is 0 Å². The van der Waals surface area contributed by atoms with E-state index >= 15 is 0 Å². The van der Waals surface area contributed by atoms with E-state index in [4.69, 9.17) is 15.9 Å². The Morgan fingerprint density at radius 1 is 1.24 bits per heavy atom. The second-order valence-electron chi connectivity index (χ2n) is 3.22. The first-order chi connectivity index (χ1) is 7.23. The van der Waals surface area contributed by atoms with Gasteiger partial charge in [0.2, 0.25) is 0 Å². The number of hydrogen-bond acceptors (Lipinski definition) is 3. The van der Waals surface area contributed by atoms with E-state index in [9.17, 15) is 17.6 Å². The highest BCUT2D eigenvalue weighted by Crippen LogP contribution is 2.30. The molecular weight excluding hydrogens is 266 g/mol. The number of hydrogen-bond donors (Lipinski definition) is 3. The molecule has 0 aliphatic heterocycles. The first-order valence-corrected chi connectivity index (χ1v) is 4.22. The zero-order chi connectivity index (χ0) is 12.5. The van der Waals surface area contributed by atoms with E-state index in [0.29, 0.717) is 6.07 Å². The van der Waals surface area contributed by atoms with Crippen LogP contribution in [0.3, 0.4) is 0 Å². The minimum Gasteiger partial charge on any atom is -0.508 e. The Bertz CT molecular complexity index is 386. The average Bonchev–Trinajstić information content (AvgIpc) is 2.14. The van der Waals surface area contributed by atoms with Crippen LogP contribution in [0.5, 0.6) is 5.75 Å². The van der Waals surface area contributed by atoms with Gasteiger partial charge in [-0.1, -0.05) is 6.07 Å². The molecule has 0 radical (unpaired) electrons. The summed E-state index contributed by atoms with van der Waals surface area (Å²) in [5, 5.41) is 17.7. The van der Waals surface area contributed by atoms with Gasteiger partial charge in [0.05, 0.1) is 6.04 Å². The molecule has 98 valence electrons. The molecule has 0 aliphatic rings. The summed E-state index contributed by atoms with van der Waals surface area (Å²) < 4.78 is 49.4. The van der Waals surface area contributed by atoms with E-state index in [1.165, 1.54) is 0 Å². The molecule has 1 aromatic carbocycles. The van der Waals surface area contributed by atoms with Crippen molar-refractivity contribution in [2.45, 2.75) is 18.3 Å². The van der Waals surface area contributed by atoms with Crippen molar-refractivity contribution in [3.05, 3.63) is 29.6 Å². The van der Waals surface area contributed by atoms with Gasteiger partial charge in [0.25, 0.3) is 0 Å². The van der Waals surface area contributed by atoms with Crippen LogP contribution in [0.1, 0.15) is 11.6 Å². The number of phenols is 1. The maximum Gasteiger partial charge on any atom is 0.416 e. The number of phenolic OH excluding ortho intramolecular Hbond substituents is 1. The van der Waals surface area contributed by atoms with Crippen molar-refractivity contribution in [3.8, 4) is 5.75 Å². The van der Waals surface area contributed by atoms with Crippen molar-refractivity contribution in [2.24, 2.45) is 5.73 Å². The third-order valence-corrected chi connectivity index (χ3v) is 2.02. The summed E-state index contributed by atoms with van der Waals surface area (Å²) >= 11 is 0. The molecule has 2 atom stereocenters. The molecule has 0 fully saturated rings. The third-order valence-electron chi connectivity index (χ3n) is 2.02. The predicted octanol–water partition coefficient (Wildman–Crippen LogP) is 1.88. The van der Waals surface area contributed by atoms with E-state index in [1.54, 1.807) is 0 Å². The van der Waals surface area contributed by atoms with Crippen LogP contribution in [0.15, 0.2) is 18.2 Å². The third kappa shape index (κ3) is 3.72. The number of halogens is 5. The smallest absolute Gasteiger partial charge is 0.416 e. The standard InChI is InChI=1S/C9H9F4NO2.ClH/c10-6-3-4(15)1-2-5(6)7(14)8(16)9(11,12)13;/h1-3,7-8,15-16H,14H2;1H/t7-,8-;/m0./s1. The van der Waals surface area contributed by atoms with Gasteiger partial charge in [0.1, 0.15) is 11.6 Å². The summed E-state index contributed by atoms with van der Waals surface area (Å²) in [5.74, 6) is -1.54. The normalized spacial score (nSPS) is 14.9. The Kier molecular flexibility index (Phi) is 5.18. The van der Waals surface area contributed by atoms with Crippen LogP contribution in [-0.2, 0) is 0 Å². The zero-order valence-corrected chi connectivity index (χ0v) is 9.10. The van der Waals surface area contributed by atoms with Gasteiger partial charge >= 0.3 is 6.18 Å². The summed E-state index contributed by atoms with van der Waals surface area (Å²) in [4.78, 5) is 0. The fourth-order valence-electron chi connectivity index (χ4n) is 1.16. The van der Waals surface area contributed by atoms with Crippen molar-refractivity contribution >= 4 is 12.4 Å². The highest BCUT2D eigenvalue weighted by Gasteiger charge is 2.43. The molecule has 0 bridgehead atoms. The van der Waals surface area contributed by atoms with Crippen LogP contribution in [0, 0.1) is 5.82 Å². The predicted molar refractivity (Wildman–Crippen MR) is 54.3 cm³/mol. The van der Waals surface area contributed by atoms with Gasteiger partial charge in [0, 0.05) is 11.6 Å². The molecule has 1 aromatic rings. The van der Waals surface area contributed by atoms with Gasteiger partial charge in [-0.25, -0.2) is 4.39 Å². The highest BCUT2D eigenvalue weighted by atomic mass is 35.5. The molecule has 0 unspecified atom stereocenters. The molecule has 3 nitrogen and oxygen atoms in total. The van der Waals surface area contributed by atoms with Gasteiger partial charge in [-0.15, -0.1) is 12.4 Å². The maximum absolute atomic E-state index is 13.1. The van der Waals surface area contributed by atoms with Gasteiger partial charge < -0.3 is 15.9 Å². The van der Waals surface area contributed by atoms with Crippen LogP contribution >= 0.6 is 12.4 Å². The first kappa shape index (κ1) is 16.0. The molecule has 4 N–H and O–H groups in total. The van der Waals surface area contributed by atoms with Gasteiger partial charge in [0.15, 0.2) is 6.10 Å². The number of benzene rings is 1. The van der Waals surface area contributed by atoms with Crippen LogP contribution < -0.4 is 5.73 Å². The number of aliphatic hydroxyl groups excluding tert-OH is 1. The van der Waals surface area contributed by atoms with E-state index < -0.39 is 35.5 Å². The Morgan fingerprint density at radius 3 is 2.18 bits per heavy atom. The lowest BCUT2D eigenvalue weighted by Crippen LogP contribution is -2.39. The van der Waals surface area contributed by atoms with Crippen molar-refractivity contribution in [1.29, 1.82) is 0 Å². The Labute approximate surface area is 100 Å². The van der Waals surface area contributed by atoms with Crippen LogP contribution in [0.25, 0.3) is 0 Å². The lowest BCUT2D eigenvalue weighted by Gasteiger charge is -2.21. The summed E-state index contributed by atoms with van der Waals surface area (Å²) in [6.07, 6.45) is -7.78. The topological polar surface area (TPSA) is 66.5 Å². The summed E-state index contributed by atoms with van der Waals surface area (Å²) in [5.41, 5.74) is 4.57. The van der Waals surface area contributed by atoms with E-state index in [1.807, 2.05) is 0 Å². The van der Waals surface area contributed by atoms with Gasteiger partial charge in [-0.3, -0.25) is 0 Å². The van der Waals surface area contributed by atoms with E-state index in [2.05, 4.69) is 0 Å². The molecule has 0 aliphatic carbocycles. The number of aliphatic hydroxyl groups is 1. The minimum atomic E-state index is -4.93. The SMILES string of the molecule is Cl.N[C@@H](c1ccc(O)cc1F)[C@H](O)C(F)(F)F. The number of nitrogens with two attached hydrogens (primary N) is 1. The Morgan fingerprint density at radius 2 is 1.76 bits per heavy atom. The first-order valence-electron chi connectivity index (χ1n) is 4.22. The highest BCUT2D eigenvalue weighted by molar-refractivity contribution is 5.85. The fourth-order valence-corrected chi connectivity index (χ4v) is 1.16. The van der Waals surface area contributed by atoms with Crippen molar-refractivity contribution in [3.63, 3.8) is 0 Å². The van der Waals surface area contributed by atoms with Gasteiger partial charge in [-0.05, 0) is 6.07 Å². The Balaban J connectivity index is 0.00000256.